The molecule has 0 N–H and O–H groups in total. The van der Waals surface area contributed by atoms with Crippen molar-refractivity contribution in [1.29, 1.82) is 0 Å². The van der Waals surface area contributed by atoms with Crippen LogP contribution in [0.15, 0.2) is 36.9 Å². The molecule has 1 rings (SSSR count). The van der Waals surface area contributed by atoms with Crippen LogP contribution in [-0.2, 0) is 9.53 Å². The molecule has 1 aromatic carbocycles. The molecule has 0 aromatic heterocycles. The highest BCUT2D eigenvalue weighted by Gasteiger charge is 2.13. The summed E-state index contributed by atoms with van der Waals surface area (Å²) in [4.78, 5) is 22.0. The topological polar surface area (TPSA) is 52.6 Å². The van der Waals surface area contributed by atoms with Gasteiger partial charge in [-0.15, -0.1) is 0 Å². The second-order valence-electron chi connectivity index (χ2n) is 3.41. The van der Waals surface area contributed by atoms with Gasteiger partial charge in [0.05, 0.1) is 0 Å². The molecule has 90 valence electrons. The van der Waals surface area contributed by atoms with Crippen LogP contribution < -0.4 is 4.74 Å². The Balaban J connectivity index is 2.79. The summed E-state index contributed by atoms with van der Waals surface area (Å²) in [5.74, 6) is -0.000401. The van der Waals surface area contributed by atoms with Crippen LogP contribution in [0.2, 0.25) is 0 Å². The summed E-state index contributed by atoms with van der Waals surface area (Å²) in [6.07, 6.45) is 1.42. The average Bonchev–Trinajstić information content (AvgIpc) is 2.36. The first-order valence-corrected chi connectivity index (χ1v) is 5.18. The van der Waals surface area contributed by atoms with E-state index < -0.39 is 6.16 Å². The van der Waals surface area contributed by atoms with Crippen LogP contribution in [-0.4, -0.2) is 19.0 Å². The molecule has 1 atom stereocenters. The molecule has 0 heterocycles. The molecule has 0 bridgehead atoms. The SMILES string of the molecule is C=CCOC(=O)Oc1ccccc1C(C)C=O. The molecule has 0 amide bonds. The van der Waals surface area contributed by atoms with Crippen LogP contribution >= 0.6 is 0 Å². The lowest BCUT2D eigenvalue weighted by Crippen LogP contribution is -2.12. The molecule has 0 saturated heterocycles. The number of ether oxygens (including phenoxy) is 2. The summed E-state index contributed by atoms with van der Waals surface area (Å²) >= 11 is 0. The maximum atomic E-state index is 11.3. The standard InChI is InChI=1S/C13H14O4/c1-3-8-16-13(15)17-12-7-5-4-6-11(12)10(2)9-14/h3-7,9-10H,1,8H2,2H3. The molecule has 1 aromatic rings. The van der Waals surface area contributed by atoms with Crippen LogP contribution in [0.5, 0.6) is 5.75 Å². The second kappa shape index (κ2) is 6.48. The van der Waals surface area contributed by atoms with E-state index in [4.69, 9.17) is 9.47 Å². The van der Waals surface area contributed by atoms with Gasteiger partial charge >= 0.3 is 6.16 Å². The molecule has 0 saturated carbocycles. The van der Waals surface area contributed by atoms with E-state index >= 15 is 0 Å². The third kappa shape index (κ3) is 3.75. The average molecular weight is 234 g/mol. The van der Waals surface area contributed by atoms with Crippen molar-refractivity contribution in [3.8, 4) is 5.75 Å². The predicted molar refractivity (Wildman–Crippen MR) is 63.1 cm³/mol. The lowest BCUT2D eigenvalue weighted by Gasteiger charge is -2.11. The van der Waals surface area contributed by atoms with Gasteiger partial charge in [0, 0.05) is 11.5 Å². The van der Waals surface area contributed by atoms with Crippen LogP contribution in [0.3, 0.4) is 0 Å². The Hall–Kier alpha value is -2.10. The molecular weight excluding hydrogens is 220 g/mol. The first-order chi connectivity index (χ1) is 8.19. The molecule has 4 heteroatoms. The maximum Gasteiger partial charge on any atom is 0.514 e. The zero-order valence-corrected chi connectivity index (χ0v) is 9.59. The Morgan fingerprint density at radius 1 is 1.47 bits per heavy atom. The number of carbonyl (C=O) groups excluding carboxylic acids is 2. The molecular formula is C13H14O4. The smallest absolute Gasteiger partial charge is 0.430 e. The van der Waals surface area contributed by atoms with Crippen molar-refractivity contribution >= 4 is 12.4 Å². The molecule has 0 spiro atoms. The van der Waals surface area contributed by atoms with Gasteiger partial charge in [0.25, 0.3) is 0 Å². The van der Waals surface area contributed by atoms with Crippen molar-refractivity contribution in [2.45, 2.75) is 12.8 Å². The van der Waals surface area contributed by atoms with Crippen molar-refractivity contribution in [1.82, 2.24) is 0 Å². The Morgan fingerprint density at radius 3 is 2.82 bits per heavy atom. The second-order valence-corrected chi connectivity index (χ2v) is 3.41. The number of para-hydroxylation sites is 1. The van der Waals surface area contributed by atoms with Crippen molar-refractivity contribution in [2.24, 2.45) is 0 Å². The lowest BCUT2D eigenvalue weighted by molar-refractivity contribution is -0.108. The molecule has 0 fully saturated rings. The minimum Gasteiger partial charge on any atom is -0.430 e. The molecule has 4 nitrogen and oxygen atoms in total. The van der Waals surface area contributed by atoms with Crippen LogP contribution in [0.1, 0.15) is 18.4 Å². The fourth-order valence-electron chi connectivity index (χ4n) is 1.27. The van der Waals surface area contributed by atoms with Gasteiger partial charge in [-0.1, -0.05) is 37.8 Å². The van der Waals surface area contributed by atoms with Crippen LogP contribution in [0, 0.1) is 0 Å². The third-order valence-electron chi connectivity index (χ3n) is 2.13. The van der Waals surface area contributed by atoms with E-state index in [1.54, 1.807) is 31.2 Å². The Labute approximate surface area is 99.8 Å². The van der Waals surface area contributed by atoms with E-state index in [0.29, 0.717) is 11.3 Å². The van der Waals surface area contributed by atoms with Gasteiger partial charge in [0.1, 0.15) is 18.6 Å². The van der Waals surface area contributed by atoms with E-state index in [9.17, 15) is 9.59 Å². The first-order valence-electron chi connectivity index (χ1n) is 5.18. The minimum atomic E-state index is -0.810. The van der Waals surface area contributed by atoms with Gasteiger partial charge in [-0.25, -0.2) is 4.79 Å². The number of carbonyl (C=O) groups is 2. The fourth-order valence-corrected chi connectivity index (χ4v) is 1.27. The van der Waals surface area contributed by atoms with Crippen LogP contribution in [0.25, 0.3) is 0 Å². The van der Waals surface area contributed by atoms with E-state index in [1.165, 1.54) is 6.08 Å². The number of hydrogen-bond acceptors (Lipinski definition) is 4. The van der Waals surface area contributed by atoms with Crippen LogP contribution in [0.4, 0.5) is 4.79 Å². The maximum absolute atomic E-state index is 11.3. The largest absolute Gasteiger partial charge is 0.514 e. The van der Waals surface area contributed by atoms with Crippen molar-refractivity contribution < 1.29 is 19.1 Å². The Kier molecular flexibility index (Phi) is 4.94. The monoisotopic (exact) mass is 234 g/mol. The quantitative estimate of drug-likeness (QED) is 0.340. The van der Waals surface area contributed by atoms with Gasteiger partial charge in [-0.05, 0) is 6.07 Å². The van der Waals surface area contributed by atoms with E-state index in [0.717, 1.165) is 6.29 Å². The fraction of sp³-hybridized carbons (Fsp3) is 0.231. The van der Waals surface area contributed by atoms with Crippen molar-refractivity contribution in [3.05, 3.63) is 42.5 Å². The summed E-state index contributed by atoms with van der Waals surface area (Å²) in [6, 6.07) is 6.84. The van der Waals surface area contributed by atoms with E-state index in [2.05, 4.69) is 6.58 Å². The van der Waals surface area contributed by atoms with Crippen molar-refractivity contribution in [3.63, 3.8) is 0 Å². The highest BCUT2D eigenvalue weighted by molar-refractivity contribution is 5.68. The number of aldehydes is 1. The highest BCUT2D eigenvalue weighted by atomic mass is 16.7. The predicted octanol–water partition coefficient (Wildman–Crippen LogP) is 2.69. The number of benzene rings is 1. The Bertz CT molecular complexity index is 412. The number of hydrogen-bond donors (Lipinski definition) is 0. The Morgan fingerprint density at radius 2 is 2.18 bits per heavy atom. The molecule has 0 aliphatic heterocycles. The first kappa shape index (κ1) is 13.0. The third-order valence-corrected chi connectivity index (χ3v) is 2.13. The van der Waals surface area contributed by atoms with E-state index in [-0.39, 0.29) is 12.5 Å². The highest BCUT2D eigenvalue weighted by Crippen LogP contribution is 2.25. The van der Waals surface area contributed by atoms with Gasteiger partial charge < -0.3 is 14.3 Å². The lowest BCUT2D eigenvalue weighted by atomic mass is 10.0. The zero-order valence-electron chi connectivity index (χ0n) is 9.59. The summed E-state index contributed by atoms with van der Waals surface area (Å²) in [6.45, 7) is 5.23. The molecule has 17 heavy (non-hydrogen) atoms. The van der Waals surface area contributed by atoms with Crippen molar-refractivity contribution in [2.75, 3.05) is 6.61 Å². The van der Waals surface area contributed by atoms with Gasteiger partial charge in [0.15, 0.2) is 0 Å². The minimum absolute atomic E-state index is 0.0875. The summed E-state index contributed by atoms with van der Waals surface area (Å²) in [7, 11) is 0. The summed E-state index contributed by atoms with van der Waals surface area (Å²) in [5, 5.41) is 0. The van der Waals surface area contributed by atoms with E-state index in [1.807, 2.05) is 0 Å². The molecule has 0 radical (unpaired) electrons. The summed E-state index contributed by atoms with van der Waals surface area (Å²) in [5.41, 5.74) is 0.651. The number of rotatable bonds is 5. The van der Waals surface area contributed by atoms with Gasteiger partial charge in [-0.3, -0.25) is 0 Å². The van der Waals surface area contributed by atoms with Gasteiger partial charge in [0.2, 0.25) is 0 Å². The zero-order chi connectivity index (χ0) is 12.7. The molecule has 0 aliphatic carbocycles. The van der Waals surface area contributed by atoms with Gasteiger partial charge in [-0.2, -0.15) is 0 Å². The molecule has 0 aliphatic rings. The summed E-state index contributed by atoms with van der Waals surface area (Å²) < 4.78 is 9.70. The normalized spacial score (nSPS) is 11.4. The molecule has 1 unspecified atom stereocenters.